The van der Waals surface area contributed by atoms with Crippen molar-refractivity contribution in [3.63, 3.8) is 0 Å². The third kappa shape index (κ3) is 6.56. The Labute approximate surface area is 166 Å². The third-order valence-electron chi connectivity index (χ3n) is 4.17. The quantitative estimate of drug-likeness (QED) is 0.659. The number of hydrogen-bond acceptors (Lipinski definition) is 5. The molecule has 0 aliphatic carbocycles. The Bertz CT molecular complexity index is 787. The highest BCUT2D eigenvalue weighted by Crippen LogP contribution is 2.36. The van der Waals surface area contributed by atoms with Gasteiger partial charge in [-0.15, -0.1) is 13.2 Å². The van der Waals surface area contributed by atoms with Gasteiger partial charge in [-0.25, -0.2) is 0 Å². The zero-order chi connectivity index (χ0) is 21.4. The van der Waals surface area contributed by atoms with E-state index in [1.807, 2.05) is 0 Å². The molecule has 0 fully saturated rings. The van der Waals surface area contributed by atoms with E-state index in [9.17, 15) is 23.1 Å². The minimum Gasteiger partial charge on any atom is -0.496 e. The van der Waals surface area contributed by atoms with E-state index in [1.54, 1.807) is 18.2 Å². The highest BCUT2D eigenvalue weighted by Gasteiger charge is 2.31. The van der Waals surface area contributed by atoms with E-state index >= 15 is 0 Å². The predicted octanol–water partition coefficient (Wildman–Crippen LogP) is 3.38. The molecule has 2 N–H and O–H groups in total. The van der Waals surface area contributed by atoms with Gasteiger partial charge in [0.1, 0.15) is 17.2 Å². The molecule has 0 spiro atoms. The fourth-order valence-electron chi connectivity index (χ4n) is 2.85. The summed E-state index contributed by atoms with van der Waals surface area (Å²) in [6.07, 6.45) is -4.78. The average Bonchev–Trinajstić information content (AvgIpc) is 2.69. The zero-order valence-electron chi connectivity index (χ0n) is 16.0. The number of ether oxygens (including phenoxy) is 3. The van der Waals surface area contributed by atoms with Crippen LogP contribution in [0.3, 0.4) is 0 Å². The van der Waals surface area contributed by atoms with Crippen LogP contribution in [0, 0.1) is 0 Å². The summed E-state index contributed by atoms with van der Waals surface area (Å²) in [5.41, 5.74) is 1.19. The smallest absolute Gasteiger partial charge is 0.496 e. The molecule has 6 nitrogen and oxygen atoms in total. The number of halogens is 3. The summed E-state index contributed by atoms with van der Waals surface area (Å²) in [4.78, 5) is 12.3. The van der Waals surface area contributed by atoms with Crippen LogP contribution in [0.25, 0.3) is 0 Å². The van der Waals surface area contributed by atoms with Gasteiger partial charge in [-0.1, -0.05) is 18.2 Å². The number of methoxy groups -OCH3 is 2. The van der Waals surface area contributed by atoms with Crippen molar-refractivity contribution in [2.24, 2.45) is 0 Å². The molecule has 9 heteroatoms. The first-order valence-electron chi connectivity index (χ1n) is 8.70. The zero-order valence-corrected chi connectivity index (χ0v) is 16.0. The van der Waals surface area contributed by atoms with Crippen molar-refractivity contribution < 1.29 is 37.3 Å². The second-order valence-corrected chi connectivity index (χ2v) is 6.13. The first kappa shape index (κ1) is 22.4. The normalized spacial score (nSPS) is 12.2. The molecule has 0 aliphatic rings. The SMILES string of the molecule is COc1cccc(OC)c1C(CO)CC(=O)NCc1ccc(OC(F)(F)F)cc1. The first-order chi connectivity index (χ1) is 13.8. The van der Waals surface area contributed by atoms with Crippen LogP contribution in [-0.4, -0.2) is 38.2 Å². The maximum Gasteiger partial charge on any atom is 0.573 e. The maximum absolute atomic E-state index is 12.3. The summed E-state index contributed by atoms with van der Waals surface area (Å²) >= 11 is 0. The predicted molar refractivity (Wildman–Crippen MR) is 99.0 cm³/mol. The number of aliphatic hydroxyl groups excluding tert-OH is 1. The van der Waals surface area contributed by atoms with E-state index in [0.29, 0.717) is 22.6 Å². The van der Waals surface area contributed by atoms with Crippen molar-refractivity contribution in [2.45, 2.75) is 25.2 Å². The second kappa shape index (κ2) is 10.0. The fraction of sp³-hybridized carbons (Fsp3) is 0.350. The highest BCUT2D eigenvalue weighted by molar-refractivity contribution is 5.77. The number of amides is 1. The Kier molecular flexibility index (Phi) is 7.72. The van der Waals surface area contributed by atoms with Gasteiger partial charge in [-0.2, -0.15) is 0 Å². The van der Waals surface area contributed by atoms with Gasteiger partial charge in [0.25, 0.3) is 0 Å². The molecular formula is C20H22F3NO5. The van der Waals surface area contributed by atoms with Crippen LogP contribution in [0.4, 0.5) is 13.2 Å². The number of hydrogen-bond donors (Lipinski definition) is 2. The molecule has 2 aromatic carbocycles. The van der Waals surface area contributed by atoms with Gasteiger partial charge >= 0.3 is 6.36 Å². The lowest BCUT2D eigenvalue weighted by molar-refractivity contribution is -0.274. The lowest BCUT2D eigenvalue weighted by Gasteiger charge is -2.20. The van der Waals surface area contributed by atoms with Gasteiger partial charge in [0.2, 0.25) is 5.91 Å². The van der Waals surface area contributed by atoms with Crippen molar-refractivity contribution in [3.8, 4) is 17.2 Å². The van der Waals surface area contributed by atoms with Gasteiger partial charge < -0.3 is 24.6 Å². The molecule has 29 heavy (non-hydrogen) atoms. The Hall–Kier alpha value is -2.94. The van der Waals surface area contributed by atoms with Crippen LogP contribution < -0.4 is 19.5 Å². The summed E-state index contributed by atoms with van der Waals surface area (Å²) in [7, 11) is 2.97. The van der Waals surface area contributed by atoms with Crippen molar-refractivity contribution in [1.29, 1.82) is 0 Å². The minimum atomic E-state index is -4.76. The van der Waals surface area contributed by atoms with Crippen molar-refractivity contribution in [1.82, 2.24) is 5.32 Å². The number of aliphatic hydroxyl groups is 1. The molecule has 1 atom stereocenters. The number of carbonyl (C=O) groups is 1. The molecule has 1 unspecified atom stereocenters. The molecule has 0 bridgehead atoms. The average molecular weight is 413 g/mol. The van der Waals surface area contributed by atoms with E-state index < -0.39 is 12.3 Å². The second-order valence-electron chi connectivity index (χ2n) is 6.13. The van der Waals surface area contributed by atoms with Crippen LogP contribution >= 0.6 is 0 Å². The van der Waals surface area contributed by atoms with E-state index in [0.717, 1.165) is 0 Å². The highest BCUT2D eigenvalue weighted by atomic mass is 19.4. The monoisotopic (exact) mass is 413 g/mol. The molecule has 0 heterocycles. The van der Waals surface area contributed by atoms with E-state index in [1.165, 1.54) is 38.5 Å². The van der Waals surface area contributed by atoms with E-state index in [2.05, 4.69) is 10.1 Å². The molecule has 1 amide bonds. The van der Waals surface area contributed by atoms with Gasteiger partial charge in [-0.05, 0) is 29.8 Å². The molecule has 158 valence electrons. The summed E-state index contributed by atoms with van der Waals surface area (Å²) in [6, 6.07) is 10.4. The molecule has 0 saturated heterocycles. The van der Waals surface area contributed by atoms with Gasteiger partial charge in [0, 0.05) is 24.4 Å². The standard InChI is InChI=1S/C20H22F3NO5/c1-27-16-4-3-5-17(28-2)19(16)14(12-25)10-18(26)24-11-13-6-8-15(9-7-13)29-20(21,22)23/h3-9,14,25H,10-12H2,1-2H3,(H,24,26). The molecule has 0 saturated carbocycles. The number of rotatable bonds is 9. The summed E-state index contributed by atoms with van der Waals surface area (Å²) in [5.74, 6) is -0.236. The molecule has 0 radical (unpaired) electrons. The minimum absolute atomic E-state index is 0.0253. The summed E-state index contributed by atoms with van der Waals surface area (Å²) < 4.78 is 51.0. The summed E-state index contributed by atoms with van der Waals surface area (Å²) in [5, 5.41) is 12.5. The molecule has 0 aromatic heterocycles. The van der Waals surface area contributed by atoms with Crippen molar-refractivity contribution in [3.05, 3.63) is 53.6 Å². The van der Waals surface area contributed by atoms with Gasteiger partial charge in [0.15, 0.2) is 0 Å². The lowest BCUT2D eigenvalue weighted by Crippen LogP contribution is -2.26. The Morgan fingerprint density at radius 2 is 1.66 bits per heavy atom. The molecule has 2 aromatic rings. The Morgan fingerprint density at radius 3 is 2.14 bits per heavy atom. The Balaban J connectivity index is 1.99. The number of carbonyl (C=O) groups excluding carboxylic acids is 1. The van der Waals surface area contributed by atoms with E-state index in [-0.39, 0.29) is 31.2 Å². The van der Waals surface area contributed by atoms with Crippen LogP contribution in [0.5, 0.6) is 17.2 Å². The summed E-state index contributed by atoms with van der Waals surface area (Å²) in [6.45, 7) is -0.181. The molecular weight excluding hydrogens is 391 g/mol. The number of nitrogens with one attached hydrogen (secondary N) is 1. The third-order valence-corrected chi connectivity index (χ3v) is 4.17. The van der Waals surface area contributed by atoms with E-state index in [4.69, 9.17) is 9.47 Å². The largest absolute Gasteiger partial charge is 0.573 e. The van der Waals surface area contributed by atoms with Gasteiger partial charge in [0.05, 0.1) is 20.8 Å². The van der Waals surface area contributed by atoms with Crippen LogP contribution in [-0.2, 0) is 11.3 Å². The number of benzene rings is 2. The molecule has 2 rings (SSSR count). The first-order valence-corrected chi connectivity index (χ1v) is 8.70. The Morgan fingerprint density at radius 1 is 1.07 bits per heavy atom. The van der Waals surface area contributed by atoms with Crippen LogP contribution in [0.1, 0.15) is 23.5 Å². The topological polar surface area (TPSA) is 77.0 Å². The van der Waals surface area contributed by atoms with Crippen molar-refractivity contribution >= 4 is 5.91 Å². The maximum atomic E-state index is 12.3. The van der Waals surface area contributed by atoms with Gasteiger partial charge in [-0.3, -0.25) is 4.79 Å². The van der Waals surface area contributed by atoms with Crippen LogP contribution in [0.15, 0.2) is 42.5 Å². The van der Waals surface area contributed by atoms with Crippen molar-refractivity contribution in [2.75, 3.05) is 20.8 Å². The fourth-order valence-corrected chi connectivity index (χ4v) is 2.85. The van der Waals surface area contributed by atoms with Crippen LogP contribution in [0.2, 0.25) is 0 Å². The molecule has 0 aliphatic heterocycles. The lowest BCUT2D eigenvalue weighted by atomic mass is 9.94. The number of alkyl halides is 3.